The SMILES string of the molecule is COCCNc1nnc(-c2ccc(-n3ccnc3)cc2)o1. The van der Waals surface area contributed by atoms with Crippen LogP contribution in [-0.2, 0) is 4.74 Å². The molecule has 1 aromatic carbocycles. The van der Waals surface area contributed by atoms with Gasteiger partial charge in [0.2, 0.25) is 5.89 Å². The van der Waals surface area contributed by atoms with Gasteiger partial charge in [-0.25, -0.2) is 4.98 Å². The van der Waals surface area contributed by atoms with Crippen molar-refractivity contribution in [3.05, 3.63) is 43.0 Å². The smallest absolute Gasteiger partial charge is 0.315 e. The largest absolute Gasteiger partial charge is 0.403 e. The zero-order valence-corrected chi connectivity index (χ0v) is 11.6. The molecule has 0 aliphatic carbocycles. The Morgan fingerprint density at radius 3 is 2.81 bits per heavy atom. The maximum atomic E-state index is 5.54. The van der Waals surface area contributed by atoms with Gasteiger partial charge in [-0.05, 0) is 24.3 Å². The molecule has 0 radical (unpaired) electrons. The van der Waals surface area contributed by atoms with E-state index in [1.54, 1.807) is 19.6 Å². The van der Waals surface area contributed by atoms with Gasteiger partial charge >= 0.3 is 6.01 Å². The van der Waals surface area contributed by atoms with E-state index in [0.717, 1.165) is 11.3 Å². The molecule has 3 aromatic rings. The number of imidazole rings is 1. The number of aromatic nitrogens is 4. The number of rotatable bonds is 6. The average Bonchev–Trinajstić information content (AvgIpc) is 3.20. The number of methoxy groups -OCH3 is 1. The maximum absolute atomic E-state index is 5.54. The molecule has 0 aliphatic heterocycles. The first-order chi connectivity index (χ1) is 10.4. The zero-order valence-electron chi connectivity index (χ0n) is 11.6. The van der Waals surface area contributed by atoms with Crippen LogP contribution in [0.2, 0.25) is 0 Å². The minimum Gasteiger partial charge on any atom is -0.403 e. The van der Waals surface area contributed by atoms with E-state index in [9.17, 15) is 0 Å². The molecule has 0 saturated carbocycles. The van der Waals surface area contributed by atoms with Crippen molar-refractivity contribution in [3.63, 3.8) is 0 Å². The Kier molecular flexibility index (Phi) is 3.92. The normalized spacial score (nSPS) is 10.7. The molecule has 2 aromatic heterocycles. The van der Waals surface area contributed by atoms with Crippen molar-refractivity contribution in [3.8, 4) is 17.1 Å². The standard InChI is InChI=1S/C14H15N5O2/c1-20-9-7-16-14-18-17-13(21-14)11-2-4-12(5-3-11)19-8-6-15-10-19/h2-6,8,10H,7,9H2,1H3,(H,16,18). The van der Waals surface area contributed by atoms with Crippen LogP contribution in [0.5, 0.6) is 0 Å². The molecule has 0 amide bonds. The molecule has 0 aliphatic rings. The molecule has 7 nitrogen and oxygen atoms in total. The first kappa shape index (κ1) is 13.3. The summed E-state index contributed by atoms with van der Waals surface area (Å²) in [6.45, 7) is 1.20. The number of nitrogens with one attached hydrogen (secondary N) is 1. The fourth-order valence-electron chi connectivity index (χ4n) is 1.86. The van der Waals surface area contributed by atoms with Crippen molar-refractivity contribution < 1.29 is 9.15 Å². The van der Waals surface area contributed by atoms with E-state index in [0.29, 0.717) is 25.1 Å². The second kappa shape index (κ2) is 6.19. The Labute approximate surface area is 121 Å². The molecule has 2 heterocycles. The van der Waals surface area contributed by atoms with E-state index >= 15 is 0 Å². The third-order valence-electron chi connectivity index (χ3n) is 2.92. The first-order valence-electron chi connectivity index (χ1n) is 6.52. The van der Waals surface area contributed by atoms with E-state index in [1.165, 1.54) is 0 Å². The highest BCUT2D eigenvalue weighted by molar-refractivity contribution is 5.56. The van der Waals surface area contributed by atoms with Gasteiger partial charge in [-0.3, -0.25) is 0 Å². The highest BCUT2D eigenvalue weighted by Gasteiger charge is 2.08. The molecule has 1 N–H and O–H groups in total. The molecule has 0 unspecified atom stereocenters. The molecular weight excluding hydrogens is 270 g/mol. The number of ether oxygens (including phenoxy) is 1. The highest BCUT2D eigenvalue weighted by atomic mass is 16.5. The van der Waals surface area contributed by atoms with Crippen LogP contribution in [-0.4, -0.2) is 40.0 Å². The Morgan fingerprint density at radius 1 is 1.24 bits per heavy atom. The lowest BCUT2D eigenvalue weighted by Crippen LogP contribution is -2.07. The summed E-state index contributed by atoms with van der Waals surface area (Å²) in [5.74, 6) is 0.479. The van der Waals surface area contributed by atoms with E-state index in [1.807, 2.05) is 35.0 Å². The summed E-state index contributed by atoms with van der Waals surface area (Å²) in [7, 11) is 1.64. The van der Waals surface area contributed by atoms with Crippen LogP contribution >= 0.6 is 0 Å². The minimum atomic E-state index is 0.390. The van der Waals surface area contributed by atoms with Gasteiger partial charge in [0.05, 0.1) is 12.9 Å². The molecule has 108 valence electrons. The maximum Gasteiger partial charge on any atom is 0.315 e. The van der Waals surface area contributed by atoms with Gasteiger partial charge in [-0.15, -0.1) is 5.10 Å². The van der Waals surface area contributed by atoms with E-state index in [-0.39, 0.29) is 0 Å². The van der Waals surface area contributed by atoms with Crippen molar-refractivity contribution in [2.45, 2.75) is 0 Å². The zero-order chi connectivity index (χ0) is 14.5. The first-order valence-corrected chi connectivity index (χ1v) is 6.52. The quantitative estimate of drug-likeness (QED) is 0.698. The van der Waals surface area contributed by atoms with Crippen LogP contribution in [0.1, 0.15) is 0 Å². The summed E-state index contributed by atoms with van der Waals surface area (Å²) < 4.78 is 12.4. The molecule has 0 atom stereocenters. The van der Waals surface area contributed by atoms with Crippen LogP contribution in [0.25, 0.3) is 17.1 Å². The van der Waals surface area contributed by atoms with Gasteiger partial charge in [-0.1, -0.05) is 5.10 Å². The third kappa shape index (κ3) is 3.09. The van der Waals surface area contributed by atoms with Crippen molar-refractivity contribution in [2.24, 2.45) is 0 Å². The summed E-state index contributed by atoms with van der Waals surface area (Å²) in [6, 6.07) is 8.20. The molecule has 0 saturated heterocycles. The van der Waals surface area contributed by atoms with Crippen molar-refractivity contribution in [1.82, 2.24) is 19.7 Å². The summed E-state index contributed by atoms with van der Waals surface area (Å²) in [6.07, 6.45) is 5.38. The summed E-state index contributed by atoms with van der Waals surface area (Å²) in [4.78, 5) is 4.02. The van der Waals surface area contributed by atoms with Crippen molar-refractivity contribution >= 4 is 6.01 Å². The predicted octanol–water partition coefficient (Wildman–Crippen LogP) is 1.98. The summed E-state index contributed by atoms with van der Waals surface area (Å²) >= 11 is 0. The Balaban J connectivity index is 1.72. The van der Waals surface area contributed by atoms with Gasteiger partial charge in [0.1, 0.15) is 0 Å². The number of hydrogen-bond donors (Lipinski definition) is 1. The second-order valence-electron chi connectivity index (χ2n) is 4.35. The molecular formula is C14H15N5O2. The Bertz CT molecular complexity index is 676. The lowest BCUT2D eigenvalue weighted by atomic mass is 10.2. The Morgan fingerprint density at radius 2 is 2.10 bits per heavy atom. The average molecular weight is 285 g/mol. The van der Waals surface area contributed by atoms with Gasteiger partial charge in [-0.2, -0.15) is 0 Å². The van der Waals surface area contributed by atoms with Crippen LogP contribution in [0.4, 0.5) is 6.01 Å². The molecule has 0 fully saturated rings. The predicted molar refractivity (Wildman–Crippen MR) is 77.2 cm³/mol. The molecule has 21 heavy (non-hydrogen) atoms. The number of hydrogen-bond acceptors (Lipinski definition) is 6. The lowest BCUT2D eigenvalue weighted by molar-refractivity contribution is 0.210. The minimum absolute atomic E-state index is 0.390. The topological polar surface area (TPSA) is 78.0 Å². The number of anilines is 1. The van der Waals surface area contributed by atoms with Crippen LogP contribution in [0.3, 0.4) is 0 Å². The highest BCUT2D eigenvalue weighted by Crippen LogP contribution is 2.21. The number of benzene rings is 1. The van der Waals surface area contributed by atoms with Crippen LogP contribution < -0.4 is 5.32 Å². The van der Waals surface area contributed by atoms with Crippen molar-refractivity contribution in [1.29, 1.82) is 0 Å². The van der Waals surface area contributed by atoms with E-state index in [4.69, 9.17) is 9.15 Å². The van der Waals surface area contributed by atoms with Gasteiger partial charge in [0, 0.05) is 37.3 Å². The second-order valence-corrected chi connectivity index (χ2v) is 4.35. The third-order valence-corrected chi connectivity index (χ3v) is 2.92. The van der Waals surface area contributed by atoms with E-state index in [2.05, 4.69) is 20.5 Å². The summed E-state index contributed by atoms with van der Waals surface area (Å²) in [5, 5.41) is 10.9. The molecule has 0 bridgehead atoms. The van der Waals surface area contributed by atoms with Gasteiger partial charge < -0.3 is 19.0 Å². The fraction of sp³-hybridized carbons (Fsp3) is 0.214. The lowest BCUT2D eigenvalue weighted by Gasteiger charge is -2.02. The van der Waals surface area contributed by atoms with Crippen LogP contribution in [0.15, 0.2) is 47.4 Å². The van der Waals surface area contributed by atoms with Crippen molar-refractivity contribution in [2.75, 3.05) is 25.6 Å². The Hall–Kier alpha value is -2.67. The fourth-order valence-corrected chi connectivity index (χ4v) is 1.86. The molecule has 3 rings (SSSR count). The van der Waals surface area contributed by atoms with E-state index < -0.39 is 0 Å². The molecule has 0 spiro atoms. The number of nitrogens with zero attached hydrogens (tertiary/aromatic N) is 4. The monoisotopic (exact) mass is 285 g/mol. The molecule has 7 heteroatoms. The van der Waals surface area contributed by atoms with Gasteiger partial charge in [0.25, 0.3) is 0 Å². The van der Waals surface area contributed by atoms with Crippen LogP contribution in [0, 0.1) is 0 Å². The van der Waals surface area contributed by atoms with Gasteiger partial charge in [0.15, 0.2) is 0 Å². The summed E-state index contributed by atoms with van der Waals surface area (Å²) in [5.41, 5.74) is 1.89.